The van der Waals surface area contributed by atoms with Crippen LogP contribution in [0.4, 0.5) is 0 Å². The van der Waals surface area contributed by atoms with Gasteiger partial charge in [0.1, 0.15) is 11.4 Å². The Morgan fingerprint density at radius 3 is 2.69 bits per heavy atom. The zero-order chi connectivity index (χ0) is 18.3. The number of benzene rings is 1. The van der Waals surface area contributed by atoms with Crippen molar-refractivity contribution in [1.82, 2.24) is 19.4 Å². The molecule has 6 nitrogen and oxygen atoms in total. The molecule has 0 saturated carbocycles. The maximum atomic E-state index is 12.8. The lowest BCUT2D eigenvalue weighted by Crippen LogP contribution is -2.51. The summed E-state index contributed by atoms with van der Waals surface area (Å²) in [4.78, 5) is 23.5. The van der Waals surface area contributed by atoms with Gasteiger partial charge in [0.2, 0.25) is 5.88 Å². The van der Waals surface area contributed by atoms with Gasteiger partial charge in [0.25, 0.3) is 5.91 Å². The second-order valence-corrected chi connectivity index (χ2v) is 6.91. The minimum absolute atomic E-state index is 0.0401. The predicted molar refractivity (Wildman–Crippen MR) is 99.6 cm³/mol. The van der Waals surface area contributed by atoms with Crippen LogP contribution in [0.1, 0.15) is 42.0 Å². The van der Waals surface area contributed by atoms with E-state index in [0.717, 1.165) is 16.9 Å². The van der Waals surface area contributed by atoms with Gasteiger partial charge < -0.3 is 14.2 Å². The fraction of sp³-hybridized carbons (Fsp3) is 0.350. The number of fused-ring (bicyclic) bond motifs is 1. The van der Waals surface area contributed by atoms with E-state index in [-0.39, 0.29) is 11.9 Å². The molecule has 1 fully saturated rings. The number of amides is 1. The van der Waals surface area contributed by atoms with Crippen LogP contribution in [-0.2, 0) is 0 Å². The van der Waals surface area contributed by atoms with Crippen LogP contribution in [0.5, 0.6) is 5.88 Å². The first kappa shape index (κ1) is 16.6. The molecule has 0 bridgehead atoms. The van der Waals surface area contributed by atoms with Crippen molar-refractivity contribution in [2.75, 3.05) is 20.2 Å². The average molecular weight is 350 g/mol. The highest BCUT2D eigenvalue weighted by atomic mass is 16.5. The Morgan fingerprint density at radius 1 is 1.19 bits per heavy atom. The van der Waals surface area contributed by atoms with Crippen molar-refractivity contribution in [2.45, 2.75) is 25.8 Å². The van der Waals surface area contributed by atoms with E-state index >= 15 is 0 Å². The molecule has 26 heavy (non-hydrogen) atoms. The monoisotopic (exact) mass is 350 g/mol. The number of nitrogens with zero attached hydrogens (tertiary/aromatic N) is 4. The highest BCUT2D eigenvalue weighted by Gasteiger charge is 2.36. The number of ether oxygens (including phenoxy) is 1. The van der Waals surface area contributed by atoms with Crippen molar-refractivity contribution in [3.8, 4) is 5.88 Å². The van der Waals surface area contributed by atoms with E-state index in [2.05, 4.69) is 29.5 Å². The molecule has 1 aromatic carbocycles. The quantitative estimate of drug-likeness (QED) is 0.725. The third-order valence-electron chi connectivity index (χ3n) is 4.85. The van der Waals surface area contributed by atoms with Gasteiger partial charge in [-0.15, -0.1) is 0 Å². The van der Waals surface area contributed by atoms with Gasteiger partial charge in [-0.3, -0.25) is 4.79 Å². The van der Waals surface area contributed by atoms with Crippen molar-refractivity contribution in [2.24, 2.45) is 0 Å². The minimum atomic E-state index is -0.0401. The van der Waals surface area contributed by atoms with Crippen molar-refractivity contribution in [3.05, 3.63) is 54.0 Å². The molecule has 134 valence electrons. The van der Waals surface area contributed by atoms with Crippen LogP contribution >= 0.6 is 0 Å². The Bertz CT molecular complexity index is 957. The standard InChI is InChI=1S/C20H22N4O2/c1-13(2)18-22-16-8-4-5-9-17(16)24(18)14-11-23(12-14)20(25)15-7-6-10-21-19(15)26-3/h4-10,13-14H,11-12H2,1-3H3. The summed E-state index contributed by atoms with van der Waals surface area (Å²) in [5, 5.41) is 0. The lowest BCUT2D eigenvalue weighted by atomic mass is 10.0. The smallest absolute Gasteiger partial charge is 0.259 e. The second kappa shape index (κ2) is 6.44. The van der Waals surface area contributed by atoms with Gasteiger partial charge in [0, 0.05) is 25.2 Å². The second-order valence-electron chi connectivity index (χ2n) is 6.91. The van der Waals surface area contributed by atoms with Crippen LogP contribution in [0.25, 0.3) is 11.0 Å². The molecule has 3 aromatic rings. The Labute approximate surface area is 152 Å². The fourth-order valence-corrected chi connectivity index (χ4v) is 3.53. The van der Waals surface area contributed by atoms with Crippen LogP contribution < -0.4 is 4.74 Å². The Balaban J connectivity index is 1.59. The van der Waals surface area contributed by atoms with E-state index in [4.69, 9.17) is 9.72 Å². The van der Waals surface area contributed by atoms with E-state index in [1.165, 1.54) is 7.11 Å². The van der Waals surface area contributed by atoms with E-state index in [9.17, 15) is 4.79 Å². The van der Waals surface area contributed by atoms with E-state index in [1.54, 1.807) is 18.3 Å². The molecule has 3 heterocycles. The predicted octanol–water partition coefficient (Wildman–Crippen LogP) is 3.26. The molecule has 1 saturated heterocycles. The molecule has 1 aliphatic heterocycles. The summed E-state index contributed by atoms with van der Waals surface area (Å²) in [7, 11) is 1.53. The number of imidazole rings is 1. The van der Waals surface area contributed by atoms with Crippen LogP contribution in [-0.4, -0.2) is 45.5 Å². The molecule has 6 heteroatoms. The van der Waals surface area contributed by atoms with Crippen molar-refractivity contribution >= 4 is 16.9 Å². The molecule has 0 radical (unpaired) electrons. The number of likely N-dealkylation sites (tertiary alicyclic amines) is 1. The summed E-state index contributed by atoms with van der Waals surface area (Å²) in [6, 6.07) is 11.9. The summed E-state index contributed by atoms with van der Waals surface area (Å²) in [5.74, 6) is 1.73. The topological polar surface area (TPSA) is 60.2 Å². The van der Waals surface area contributed by atoms with Crippen molar-refractivity contribution in [1.29, 1.82) is 0 Å². The first-order chi connectivity index (χ1) is 12.6. The van der Waals surface area contributed by atoms with Gasteiger partial charge in [-0.25, -0.2) is 9.97 Å². The SMILES string of the molecule is COc1ncccc1C(=O)N1CC(n2c(C(C)C)nc3ccccc32)C1. The number of aromatic nitrogens is 3. The highest BCUT2D eigenvalue weighted by molar-refractivity contribution is 5.97. The van der Waals surface area contributed by atoms with Gasteiger partial charge in [0.05, 0.1) is 24.2 Å². The third-order valence-corrected chi connectivity index (χ3v) is 4.85. The molecule has 0 N–H and O–H groups in total. The number of carbonyl (C=O) groups excluding carboxylic acids is 1. The van der Waals surface area contributed by atoms with Gasteiger partial charge in [0.15, 0.2) is 0 Å². The normalized spacial score (nSPS) is 14.7. The van der Waals surface area contributed by atoms with Crippen LogP contribution in [0.15, 0.2) is 42.6 Å². The zero-order valence-corrected chi connectivity index (χ0v) is 15.2. The Morgan fingerprint density at radius 2 is 1.96 bits per heavy atom. The number of hydrogen-bond acceptors (Lipinski definition) is 4. The molecule has 1 amide bonds. The summed E-state index contributed by atoms with van der Waals surface area (Å²) >= 11 is 0. The molecule has 4 rings (SSSR count). The fourth-order valence-electron chi connectivity index (χ4n) is 3.53. The number of hydrogen-bond donors (Lipinski definition) is 0. The number of methoxy groups -OCH3 is 1. The van der Waals surface area contributed by atoms with Crippen molar-refractivity contribution < 1.29 is 9.53 Å². The Kier molecular flexibility index (Phi) is 4.11. The van der Waals surface area contributed by atoms with Gasteiger partial charge in [-0.05, 0) is 24.3 Å². The molecule has 0 spiro atoms. The molecule has 2 aromatic heterocycles. The van der Waals surface area contributed by atoms with E-state index in [0.29, 0.717) is 30.5 Å². The number of carbonyl (C=O) groups is 1. The molecule has 1 aliphatic rings. The van der Waals surface area contributed by atoms with Crippen LogP contribution in [0.3, 0.4) is 0 Å². The lowest BCUT2D eigenvalue weighted by Gasteiger charge is -2.41. The van der Waals surface area contributed by atoms with Crippen molar-refractivity contribution in [3.63, 3.8) is 0 Å². The summed E-state index contributed by atoms with van der Waals surface area (Å²) in [5.41, 5.74) is 2.65. The molecule has 0 atom stereocenters. The number of pyridine rings is 1. The van der Waals surface area contributed by atoms with Crippen LogP contribution in [0.2, 0.25) is 0 Å². The van der Waals surface area contributed by atoms with E-state index < -0.39 is 0 Å². The Hall–Kier alpha value is -2.89. The van der Waals surface area contributed by atoms with Gasteiger partial charge in [-0.2, -0.15) is 0 Å². The van der Waals surface area contributed by atoms with Crippen LogP contribution in [0, 0.1) is 0 Å². The maximum Gasteiger partial charge on any atom is 0.259 e. The van der Waals surface area contributed by atoms with E-state index in [1.807, 2.05) is 23.1 Å². The van der Waals surface area contributed by atoms with Gasteiger partial charge in [-0.1, -0.05) is 26.0 Å². The molecular formula is C20H22N4O2. The lowest BCUT2D eigenvalue weighted by molar-refractivity contribution is 0.0517. The highest BCUT2D eigenvalue weighted by Crippen LogP contribution is 2.32. The third kappa shape index (κ3) is 2.62. The first-order valence-corrected chi connectivity index (χ1v) is 8.85. The average Bonchev–Trinajstić information content (AvgIpc) is 3.00. The number of para-hydroxylation sites is 2. The zero-order valence-electron chi connectivity index (χ0n) is 15.2. The summed E-state index contributed by atoms with van der Waals surface area (Å²) < 4.78 is 7.51. The first-order valence-electron chi connectivity index (χ1n) is 8.85. The molecular weight excluding hydrogens is 328 g/mol. The maximum absolute atomic E-state index is 12.8. The molecule has 0 unspecified atom stereocenters. The molecule has 0 aliphatic carbocycles. The summed E-state index contributed by atoms with van der Waals surface area (Å²) in [6.45, 7) is 5.63. The minimum Gasteiger partial charge on any atom is -0.480 e. The largest absolute Gasteiger partial charge is 0.480 e. The summed E-state index contributed by atoms with van der Waals surface area (Å²) in [6.07, 6.45) is 1.63. The number of rotatable bonds is 4. The van der Waals surface area contributed by atoms with Gasteiger partial charge >= 0.3 is 0 Å².